The smallest absolute Gasteiger partial charge is 0.153 e. The van der Waals surface area contributed by atoms with Crippen molar-refractivity contribution < 1.29 is 4.42 Å². The van der Waals surface area contributed by atoms with Crippen LogP contribution >= 0.6 is 0 Å². The van der Waals surface area contributed by atoms with Gasteiger partial charge < -0.3 is 4.42 Å². The zero-order chi connectivity index (χ0) is 27.9. The average molecular weight is 539 g/mol. The average Bonchev–Trinajstić information content (AvgIpc) is 3.44. The van der Waals surface area contributed by atoms with Crippen LogP contribution in [0.15, 0.2) is 162 Å². The second kappa shape index (κ2) is 10.1. The third-order valence-electron chi connectivity index (χ3n) is 7.92. The molecule has 8 rings (SSSR count). The second-order valence-electron chi connectivity index (χ2n) is 10.5. The van der Waals surface area contributed by atoms with Gasteiger partial charge in [0.15, 0.2) is 5.58 Å². The van der Waals surface area contributed by atoms with Gasteiger partial charge in [-0.2, -0.15) is 0 Å². The van der Waals surface area contributed by atoms with Gasteiger partial charge in [-0.1, -0.05) is 109 Å². The van der Waals surface area contributed by atoms with Gasteiger partial charge in [-0.3, -0.25) is 4.90 Å². The van der Waals surface area contributed by atoms with Crippen LogP contribution in [-0.4, -0.2) is 4.98 Å². The molecule has 0 aliphatic heterocycles. The van der Waals surface area contributed by atoms with Gasteiger partial charge in [0.05, 0.1) is 6.20 Å². The van der Waals surface area contributed by atoms with Crippen molar-refractivity contribution in [3.8, 4) is 22.3 Å². The van der Waals surface area contributed by atoms with E-state index in [-0.39, 0.29) is 0 Å². The maximum atomic E-state index is 6.08. The molecule has 0 saturated heterocycles. The van der Waals surface area contributed by atoms with Gasteiger partial charge in [0, 0.05) is 22.1 Å². The van der Waals surface area contributed by atoms with Gasteiger partial charge in [-0.25, -0.2) is 4.98 Å². The van der Waals surface area contributed by atoms with Crippen molar-refractivity contribution in [1.29, 1.82) is 0 Å². The summed E-state index contributed by atoms with van der Waals surface area (Å²) in [6, 6.07) is 53.2. The summed E-state index contributed by atoms with van der Waals surface area (Å²) in [4.78, 5) is 7.09. The Balaban J connectivity index is 1.23. The van der Waals surface area contributed by atoms with Crippen LogP contribution in [0.3, 0.4) is 0 Å². The quantitative estimate of drug-likeness (QED) is 0.218. The molecule has 0 unspecified atom stereocenters. The van der Waals surface area contributed by atoms with Crippen LogP contribution in [0.25, 0.3) is 55.0 Å². The summed E-state index contributed by atoms with van der Waals surface area (Å²) in [5, 5.41) is 4.62. The van der Waals surface area contributed by atoms with Crippen LogP contribution in [-0.2, 0) is 0 Å². The molecule has 42 heavy (non-hydrogen) atoms. The van der Waals surface area contributed by atoms with Crippen molar-refractivity contribution in [3.63, 3.8) is 0 Å². The fourth-order valence-corrected chi connectivity index (χ4v) is 5.76. The molecule has 198 valence electrons. The van der Waals surface area contributed by atoms with Crippen LogP contribution in [0.1, 0.15) is 0 Å². The molecule has 3 nitrogen and oxygen atoms in total. The summed E-state index contributed by atoms with van der Waals surface area (Å²) < 4.78 is 6.08. The van der Waals surface area contributed by atoms with Crippen LogP contribution in [0.5, 0.6) is 0 Å². The summed E-state index contributed by atoms with van der Waals surface area (Å²) in [5.41, 5.74) is 8.46. The lowest BCUT2D eigenvalue weighted by Gasteiger charge is -2.25. The Labute approximate surface area is 243 Å². The molecule has 0 aliphatic rings. The van der Waals surface area contributed by atoms with E-state index in [2.05, 4.69) is 132 Å². The van der Waals surface area contributed by atoms with Gasteiger partial charge in [0.25, 0.3) is 0 Å². The zero-order valence-electron chi connectivity index (χ0n) is 22.8. The van der Waals surface area contributed by atoms with Crippen molar-refractivity contribution >= 4 is 49.9 Å². The fraction of sp³-hybridized carbons (Fsp3) is 0. The van der Waals surface area contributed by atoms with Crippen molar-refractivity contribution in [2.45, 2.75) is 0 Å². The van der Waals surface area contributed by atoms with Crippen LogP contribution < -0.4 is 4.90 Å². The first-order valence-electron chi connectivity index (χ1n) is 14.1. The Morgan fingerprint density at radius 3 is 1.79 bits per heavy atom. The van der Waals surface area contributed by atoms with E-state index in [1.54, 1.807) is 0 Å². The number of hydrogen-bond donors (Lipinski definition) is 0. The Morgan fingerprint density at radius 1 is 0.429 bits per heavy atom. The highest BCUT2D eigenvalue weighted by Crippen LogP contribution is 2.38. The SMILES string of the molecule is c1ccc(-c2ccc(N(c3ccc(-c4ccc5ccccc5c4)cc3)c3cc4c(cn3)oc3ccccc34)cc2)cc1. The lowest BCUT2D eigenvalue weighted by Crippen LogP contribution is -2.11. The highest BCUT2D eigenvalue weighted by molar-refractivity contribution is 6.05. The molecular formula is C39H26N2O. The minimum absolute atomic E-state index is 0.783. The number of rotatable bonds is 5. The zero-order valence-corrected chi connectivity index (χ0v) is 22.8. The largest absolute Gasteiger partial charge is 0.454 e. The molecular weight excluding hydrogens is 512 g/mol. The van der Waals surface area contributed by atoms with Gasteiger partial charge in [0.1, 0.15) is 11.4 Å². The molecule has 0 saturated carbocycles. The summed E-state index contributed by atoms with van der Waals surface area (Å²) in [7, 11) is 0. The van der Waals surface area contributed by atoms with Crippen LogP contribution in [0.4, 0.5) is 17.2 Å². The molecule has 0 bridgehead atoms. The highest BCUT2D eigenvalue weighted by atomic mass is 16.3. The van der Waals surface area contributed by atoms with E-state index in [1.165, 1.54) is 33.0 Å². The maximum absolute atomic E-state index is 6.08. The topological polar surface area (TPSA) is 29.3 Å². The van der Waals surface area contributed by atoms with E-state index >= 15 is 0 Å². The van der Waals surface area contributed by atoms with Gasteiger partial charge >= 0.3 is 0 Å². The number of para-hydroxylation sites is 1. The monoisotopic (exact) mass is 538 g/mol. The van der Waals surface area contributed by atoms with Crippen molar-refractivity contribution in [3.05, 3.63) is 158 Å². The molecule has 8 aromatic rings. The lowest BCUT2D eigenvalue weighted by atomic mass is 10.0. The Morgan fingerprint density at radius 2 is 1.02 bits per heavy atom. The molecule has 0 amide bonds. The maximum Gasteiger partial charge on any atom is 0.153 e. The number of aromatic nitrogens is 1. The van der Waals surface area contributed by atoms with E-state index in [9.17, 15) is 0 Å². The molecule has 2 aromatic heterocycles. The molecule has 2 heterocycles. The molecule has 0 atom stereocenters. The number of benzene rings is 6. The number of furan rings is 1. The van der Waals surface area contributed by atoms with Crippen molar-refractivity contribution in [2.24, 2.45) is 0 Å². The number of fused-ring (bicyclic) bond motifs is 4. The predicted molar refractivity (Wildman–Crippen MR) is 175 cm³/mol. The summed E-state index contributed by atoms with van der Waals surface area (Å²) in [6.07, 6.45) is 1.83. The predicted octanol–water partition coefficient (Wildman–Crippen LogP) is 10.9. The molecule has 6 aromatic carbocycles. The first-order chi connectivity index (χ1) is 20.8. The molecule has 0 spiro atoms. The van der Waals surface area contributed by atoms with Gasteiger partial charge in [0.2, 0.25) is 0 Å². The van der Waals surface area contributed by atoms with E-state index in [1.807, 2.05) is 30.5 Å². The van der Waals surface area contributed by atoms with E-state index in [4.69, 9.17) is 9.40 Å². The minimum Gasteiger partial charge on any atom is -0.454 e. The third kappa shape index (κ3) is 4.29. The third-order valence-corrected chi connectivity index (χ3v) is 7.92. The van der Waals surface area contributed by atoms with E-state index < -0.39 is 0 Å². The first kappa shape index (κ1) is 24.2. The van der Waals surface area contributed by atoms with E-state index in [0.29, 0.717) is 0 Å². The molecule has 0 fully saturated rings. The Kier molecular flexibility index (Phi) is 5.79. The molecule has 3 heteroatoms. The first-order valence-corrected chi connectivity index (χ1v) is 14.1. The highest BCUT2D eigenvalue weighted by Gasteiger charge is 2.17. The number of hydrogen-bond acceptors (Lipinski definition) is 3. The van der Waals surface area contributed by atoms with Crippen molar-refractivity contribution in [2.75, 3.05) is 4.90 Å². The summed E-state index contributed by atoms with van der Waals surface area (Å²) >= 11 is 0. The van der Waals surface area contributed by atoms with Gasteiger partial charge in [-0.15, -0.1) is 0 Å². The summed E-state index contributed by atoms with van der Waals surface area (Å²) in [6.45, 7) is 0. The minimum atomic E-state index is 0.783. The number of anilines is 3. The fourth-order valence-electron chi connectivity index (χ4n) is 5.76. The normalized spacial score (nSPS) is 11.3. The Hall–Kier alpha value is -5.67. The molecule has 0 N–H and O–H groups in total. The second-order valence-corrected chi connectivity index (χ2v) is 10.5. The lowest BCUT2D eigenvalue weighted by molar-refractivity contribution is 0.667. The van der Waals surface area contributed by atoms with E-state index in [0.717, 1.165) is 39.1 Å². The van der Waals surface area contributed by atoms with Crippen molar-refractivity contribution in [1.82, 2.24) is 4.98 Å². The number of pyridine rings is 1. The van der Waals surface area contributed by atoms with Gasteiger partial charge in [-0.05, 0) is 75.5 Å². The molecule has 0 aliphatic carbocycles. The Bertz CT molecular complexity index is 2180. The summed E-state index contributed by atoms with van der Waals surface area (Å²) in [5.74, 6) is 0.833. The standard InChI is InChI=1S/C39H26N2O/c1-2-8-27(9-3-1)29-16-20-33(21-17-29)41(39-25-36-35-12-6-7-13-37(35)42-38(36)26-40-39)34-22-18-30(19-23-34)32-15-14-28-10-4-5-11-31(28)24-32/h1-26H. The molecule has 0 radical (unpaired) electrons. The number of nitrogens with zero attached hydrogens (tertiary/aromatic N) is 2. The van der Waals surface area contributed by atoms with Crippen LogP contribution in [0, 0.1) is 0 Å². The van der Waals surface area contributed by atoms with Crippen LogP contribution in [0.2, 0.25) is 0 Å².